The van der Waals surface area contributed by atoms with Crippen LogP contribution in [0, 0.1) is 6.92 Å². The van der Waals surface area contributed by atoms with E-state index in [1.54, 1.807) is 0 Å². The van der Waals surface area contributed by atoms with E-state index in [4.69, 9.17) is 5.73 Å². The van der Waals surface area contributed by atoms with Crippen molar-refractivity contribution in [3.05, 3.63) is 40.0 Å². The van der Waals surface area contributed by atoms with Crippen molar-refractivity contribution in [2.45, 2.75) is 13.3 Å². The Hall–Kier alpha value is -1.13. The molecule has 0 amide bonds. The first kappa shape index (κ1) is 12.3. The maximum Gasteiger partial charge on any atom is 0.0711 e. The number of hydrogen-bond donors (Lipinski definition) is 1. The minimum absolute atomic E-state index is 0.637. The lowest BCUT2D eigenvalue weighted by Gasteiger charge is -2.04. The quantitative estimate of drug-likeness (QED) is 0.945. The van der Waals surface area contributed by atoms with Crippen LogP contribution in [0.1, 0.15) is 11.3 Å². The Morgan fingerprint density at radius 1 is 1.29 bits per heavy atom. The molecule has 2 aromatic rings. The van der Waals surface area contributed by atoms with Crippen molar-refractivity contribution in [3.8, 4) is 11.3 Å². The van der Waals surface area contributed by atoms with Crippen molar-refractivity contribution in [2.75, 3.05) is 6.54 Å². The van der Waals surface area contributed by atoms with Gasteiger partial charge in [-0.3, -0.25) is 4.68 Å². The van der Waals surface area contributed by atoms with Crippen LogP contribution in [0.5, 0.6) is 0 Å². The van der Waals surface area contributed by atoms with Crippen LogP contribution in [-0.4, -0.2) is 16.3 Å². The summed E-state index contributed by atoms with van der Waals surface area (Å²) < 4.78 is 3.02. The van der Waals surface area contributed by atoms with Gasteiger partial charge in [-0.15, -0.1) is 0 Å². The Bertz CT molecular complexity index is 514. The summed E-state index contributed by atoms with van der Waals surface area (Å²) in [5.74, 6) is 0. The summed E-state index contributed by atoms with van der Waals surface area (Å²) in [4.78, 5) is 0. The molecule has 0 spiro atoms. The third-order valence-electron chi connectivity index (χ3n) is 2.88. The molecule has 90 valence electrons. The number of hydrogen-bond acceptors (Lipinski definition) is 2. The molecule has 0 aliphatic rings. The number of aryl methyl sites for hydroxylation is 1. The zero-order valence-corrected chi connectivity index (χ0v) is 11.7. The van der Waals surface area contributed by atoms with Crippen molar-refractivity contribution >= 4 is 15.9 Å². The van der Waals surface area contributed by atoms with Crippen LogP contribution in [0.25, 0.3) is 11.3 Å². The highest BCUT2D eigenvalue weighted by Gasteiger charge is 2.12. The molecule has 0 saturated carbocycles. The van der Waals surface area contributed by atoms with Crippen LogP contribution in [0.15, 0.2) is 28.7 Å². The Morgan fingerprint density at radius 2 is 1.94 bits per heavy atom. The summed E-state index contributed by atoms with van der Waals surface area (Å²) in [5.41, 5.74) is 10.3. The minimum Gasteiger partial charge on any atom is -0.330 e. The normalized spacial score (nSPS) is 10.8. The first-order valence-corrected chi connectivity index (χ1v) is 6.41. The zero-order valence-electron chi connectivity index (χ0n) is 10.1. The molecular formula is C13H16BrN3. The second-order valence-electron chi connectivity index (χ2n) is 4.09. The van der Waals surface area contributed by atoms with E-state index in [2.05, 4.69) is 40.1 Å². The summed E-state index contributed by atoms with van der Waals surface area (Å²) in [5, 5.41) is 4.52. The fraction of sp³-hybridized carbons (Fsp3) is 0.308. The van der Waals surface area contributed by atoms with E-state index >= 15 is 0 Å². The van der Waals surface area contributed by atoms with Gasteiger partial charge in [0.2, 0.25) is 0 Å². The van der Waals surface area contributed by atoms with Crippen LogP contribution >= 0.6 is 15.9 Å². The van der Waals surface area contributed by atoms with Crippen molar-refractivity contribution in [1.82, 2.24) is 9.78 Å². The topological polar surface area (TPSA) is 43.8 Å². The van der Waals surface area contributed by atoms with E-state index in [-0.39, 0.29) is 0 Å². The average molecular weight is 294 g/mol. The van der Waals surface area contributed by atoms with E-state index in [1.807, 2.05) is 23.9 Å². The molecule has 2 N–H and O–H groups in total. The molecule has 0 aliphatic heterocycles. The minimum atomic E-state index is 0.637. The van der Waals surface area contributed by atoms with Gasteiger partial charge in [0.25, 0.3) is 0 Å². The number of halogens is 1. The van der Waals surface area contributed by atoms with E-state index in [0.29, 0.717) is 6.54 Å². The van der Waals surface area contributed by atoms with Gasteiger partial charge in [0.1, 0.15) is 0 Å². The van der Waals surface area contributed by atoms with E-state index < -0.39 is 0 Å². The van der Waals surface area contributed by atoms with Crippen LogP contribution in [0.4, 0.5) is 0 Å². The standard InChI is InChI=1S/C13H16BrN3/c1-9-12(7-8-15)16-17(2)13(9)10-3-5-11(14)6-4-10/h3-6H,7-8,15H2,1-2H3. The summed E-state index contributed by atoms with van der Waals surface area (Å²) in [7, 11) is 1.98. The SMILES string of the molecule is Cc1c(CCN)nn(C)c1-c1ccc(Br)cc1. The molecule has 1 heterocycles. The molecule has 2 rings (SSSR count). The second-order valence-corrected chi connectivity index (χ2v) is 5.01. The van der Waals surface area contributed by atoms with Gasteiger partial charge in [-0.05, 0) is 31.2 Å². The largest absolute Gasteiger partial charge is 0.330 e. The predicted octanol–water partition coefficient (Wildman–Crippen LogP) is 2.66. The molecule has 3 nitrogen and oxygen atoms in total. The van der Waals surface area contributed by atoms with Crippen molar-refractivity contribution in [2.24, 2.45) is 12.8 Å². The first-order valence-electron chi connectivity index (χ1n) is 5.62. The first-order chi connectivity index (χ1) is 8.13. The van der Waals surface area contributed by atoms with E-state index in [0.717, 1.165) is 16.6 Å². The van der Waals surface area contributed by atoms with Gasteiger partial charge < -0.3 is 5.73 Å². The molecule has 0 fully saturated rings. The Labute approximate surface area is 110 Å². The van der Waals surface area contributed by atoms with Gasteiger partial charge in [0, 0.05) is 23.5 Å². The van der Waals surface area contributed by atoms with Crippen LogP contribution in [0.3, 0.4) is 0 Å². The molecule has 0 aliphatic carbocycles. The summed E-state index contributed by atoms with van der Waals surface area (Å²) in [6.45, 7) is 2.74. The highest BCUT2D eigenvalue weighted by atomic mass is 79.9. The van der Waals surface area contributed by atoms with Gasteiger partial charge in [-0.25, -0.2) is 0 Å². The molecule has 17 heavy (non-hydrogen) atoms. The molecule has 4 heteroatoms. The fourth-order valence-electron chi connectivity index (χ4n) is 2.07. The Kier molecular flexibility index (Phi) is 3.64. The highest BCUT2D eigenvalue weighted by molar-refractivity contribution is 9.10. The Balaban J connectivity index is 2.48. The van der Waals surface area contributed by atoms with Gasteiger partial charge in [0.05, 0.1) is 11.4 Å². The number of nitrogens with two attached hydrogens (primary N) is 1. The van der Waals surface area contributed by atoms with Gasteiger partial charge in [-0.1, -0.05) is 28.1 Å². The molecule has 0 radical (unpaired) electrons. The molecular weight excluding hydrogens is 278 g/mol. The van der Waals surface area contributed by atoms with Gasteiger partial charge >= 0.3 is 0 Å². The van der Waals surface area contributed by atoms with Crippen molar-refractivity contribution < 1.29 is 0 Å². The molecule has 1 aromatic carbocycles. The maximum absolute atomic E-state index is 5.59. The number of rotatable bonds is 3. The highest BCUT2D eigenvalue weighted by Crippen LogP contribution is 2.26. The third kappa shape index (κ3) is 2.42. The molecule has 0 bridgehead atoms. The second kappa shape index (κ2) is 5.02. The number of aromatic nitrogens is 2. The van der Waals surface area contributed by atoms with Gasteiger partial charge in [0.15, 0.2) is 0 Å². The number of nitrogens with zero attached hydrogens (tertiary/aromatic N) is 2. The molecule has 0 unspecified atom stereocenters. The monoisotopic (exact) mass is 293 g/mol. The molecule has 0 atom stereocenters. The lowest BCUT2D eigenvalue weighted by molar-refractivity contribution is 0.745. The average Bonchev–Trinajstić information content (AvgIpc) is 2.57. The summed E-state index contributed by atoms with van der Waals surface area (Å²) >= 11 is 3.45. The maximum atomic E-state index is 5.59. The van der Waals surface area contributed by atoms with Crippen LogP contribution in [-0.2, 0) is 13.5 Å². The molecule has 1 aromatic heterocycles. The summed E-state index contributed by atoms with van der Waals surface area (Å²) in [6, 6.07) is 8.29. The van der Waals surface area contributed by atoms with Crippen molar-refractivity contribution in [1.29, 1.82) is 0 Å². The van der Waals surface area contributed by atoms with Crippen molar-refractivity contribution in [3.63, 3.8) is 0 Å². The predicted molar refractivity (Wildman–Crippen MR) is 73.8 cm³/mol. The number of benzene rings is 1. The fourth-order valence-corrected chi connectivity index (χ4v) is 2.34. The lowest BCUT2D eigenvalue weighted by atomic mass is 10.1. The van der Waals surface area contributed by atoms with Crippen LogP contribution < -0.4 is 5.73 Å². The van der Waals surface area contributed by atoms with E-state index in [1.165, 1.54) is 16.8 Å². The summed E-state index contributed by atoms with van der Waals surface area (Å²) in [6.07, 6.45) is 0.830. The van der Waals surface area contributed by atoms with Crippen LogP contribution in [0.2, 0.25) is 0 Å². The smallest absolute Gasteiger partial charge is 0.0711 e. The molecule has 0 saturated heterocycles. The zero-order chi connectivity index (χ0) is 12.4. The third-order valence-corrected chi connectivity index (χ3v) is 3.41. The van der Waals surface area contributed by atoms with Gasteiger partial charge in [-0.2, -0.15) is 5.10 Å². The Morgan fingerprint density at radius 3 is 2.53 bits per heavy atom. The van der Waals surface area contributed by atoms with E-state index in [9.17, 15) is 0 Å². The lowest BCUT2D eigenvalue weighted by Crippen LogP contribution is -2.04.